The number of carbonyl (C=O) groups is 2. The van der Waals surface area contributed by atoms with Crippen molar-refractivity contribution in [3.05, 3.63) is 47.4 Å². The van der Waals surface area contributed by atoms with Crippen LogP contribution in [0.5, 0.6) is 0 Å². The predicted molar refractivity (Wildman–Crippen MR) is 118 cm³/mol. The lowest BCUT2D eigenvalue weighted by atomic mass is 10.1. The molecule has 0 saturated heterocycles. The summed E-state index contributed by atoms with van der Waals surface area (Å²) in [7, 11) is 0. The Hall–Kier alpha value is -3.29. The SMILES string of the molecule is CCC(C)NC(=O)C(C)NC(=O)c1cc(C2CC2)nc2c1c(C)nn2-c1ccccn1. The Balaban J connectivity index is 1.72. The Labute approximate surface area is 181 Å². The molecule has 31 heavy (non-hydrogen) atoms. The minimum atomic E-state index is -0.653. The van der Waals surface area contributed by atoms with Gasteiger partial charge in [0.2, 0.25) is 5.91 Å². The summed E-state index contributed by atoms with van der Waals surface area (Å²) >= 11 is 0. The van der Waals surface area contributed by atoms with Crippen LogP contribution in [0.25, 0.3) is 16.9 Å². The summed E-state index contributed by atoms with van der Waals surface area (Å²) in [6.45, 7) is 7.50. The van der Waals surface area contributed by atoms with E-state index in [0.717, 1.165) is 25.0 Å². The van der Waals surface area contributed by atoms with Gasteiger partial charge in [-0.05, 0) is 58.2 Å². The molecular weight excluding hydrogens is 392 g/mol. The van der Waals surface area contributed by atoms with Crippen LogP contribution in [0.15, 0.2) is 30.5 Å². The van der Waals surface area contributed by atoms with Crippen molar-refractivity contribution in [3.63, 3.8) is 0 Å². The van der Waals surface area contributed by atoms with Crippen molar-refractivity contribution in [2.75, 3.05) is 0 Å². The van der Waals surface area contributed by atoms with E-state index in [1.165, 1.54) is 0 Å². The van der Waals surface area contributed by atoms with Gasteiger partial charge in [0, 0.05) is 23.9 Å². The Morgan fingerprint density at radius 2 is 2.00 bits per heavy atom. The second-order valence-electron chi connectivity index (χ2n) is 8.27. The summed E-state index contributed by atoms with van der Waals surface area (Å²) < 4.78 is 1.69. The zero-order chi connectivity index (χ0) is 22.1. The first-order valence-electron chi connectivity index (χ1n) is 10.8. The molecule has 2 unspecified atom stereocenters. The van der Waals surface area contributed by atoms with Crippen LogP contribution >= 0.6 is 0 Å². The molecule has 1 aliphatic carbocycles. The number of aromatic nitrogens is 4. The number of rotatable bonds is 7. The maximum Gasteiger partial charge on any atom is 0.252 e. The lowest BCUT2D eigenvalue weighted by Gasteiger charge is -2.18. The summed E-state index contributed by atoms with van der Waals surface area (Å²) in [5, 5.41) is 11.1. The molecule has 162 valence electrons. The molecule has 0 aromatic carbocycles. The molecule has 3 aromatic rings. The number of carbonyl (C=O) groups excluding carboxylic acids is 2. The predicted octanol–water partition coefficient (Wildman–Crippen LogP) is 3.03. The molecule has 8 nitrogen and oxygen atoms in total. The van der Waals surface area contributed by atoms with Gasteiger partial charge < -0.3 is 10.6 Å². The standard InChI is InChI=1S/C23H28N6O2/c1-5-13(2)25-22(30)15(4)26-23(31)17-12-18(16-9-10-16)27-21-20(17)14(3)28-29(21)19-8-6-7-11-24-19/h6-8,11-13,15-16H,5,9-10H2,1-4H3,(H,25,30)(H,26,31). The van der Waals surface area contributed by atoms with Crippen molar-refractivity contribution in [2.24, 2.45) is 0 Å². The minimum absolute atomic E-state index is 0.0554. The number of amides is 2. The first kappa shape index (κ1) is 21.0. The average Bonchev–Trinajstić information content (AvgIpc) is 3.57. The Morgan fingerprint density at radius 3 is 2.65 bits per heavy atom. The first-order chi connectivity index (χ1) is 14.9. The summed E-state index contributed by atoms with van der Waals surface area (Å²) in [4.78, 5) is 34.9. The van der Waals surface area contributed by atoms with Crippen LogP contribution in [0.4, 0.5) is 0 Å². The zero-order valence-corrected chi connectivity index (χ0v) is 18.3. The van der Waals surface area contributed by atoms with E-state index in [-0.39, 0.29) is 17.9 Å². The quantitative estimate of drug-likeness (QED) is 0.612. The molecule has 2 N–H and O–H groups in total. The van der Waals surface area contributed by atoms with Crippen molar-refractivity contribution < 1.29 is 9.59 Å². The van der Waals surface area contributed by atoms with Crippen molar-refractivity contribution in [3.8, 4) is 5.82 Å². The third kappa shape index (κ3) is 4.28. The normalized spacial score (nSPS) is 15.5. The maximum atomic E-state index is 13.3. The number of hydrogen-bond acceptors (Lipinski definition) is 5. The Bertz CT molecular complexity index is 1120. The number of pyridine rings is 2. The lowest BCUT2D eigenvalue weighted by molar-refractivity contribution is -0.123. The van der Waals surface area contributed by atoms with Gasteiger partial charge >= 0.3 is 0 Å². The van der Waals surface area contributed by atoms with Crippen LogP contribution in [0.3, 0.4) is 0 Å². The highest BCUT2D eigenvalue weighted by molar-refractivity contribution is 6.08. The molecule has 3 aromatic heterocycles. The zero-order valence-electron chi connectivity index (χ0n) is 18.3. The summed E-state index contributed by atoms with van der Waals surface area (Å²) in [6.07, 6.45) is 4.65. The van der Waals surface area contributed by atoms with Crippen molar-refractivity contribution in [2.45, 2.75) is 65.0 Å². The summed E-state index contributed by atoms with van der Waals surface area (Å²) in [5.41, 5.74) is 2.68. The van der Waals surface area contributed by atoms with Gasteiger partial charge in [0.1, 0.15) is 6.04 Å². The number of fused-ring (bicyclic) bond motifs is 1. The van der Waals surface area contributed by atoms with Crippen LogP contribution in [0.1, 0.15) is 67.7 Å². The topological polar surface area (TPSA) is 102 Å². The number of hydrogen-bond donors (Lipinski definition) is 2. The molecule has 2 atom stereocenters. The number of nitrogens with zero attached hydrogens (tertiary/aromatic N) is 4. The van der Waals surface area contributed by atoms with Gasteiger partial charge in [-0.15, -0.1) is 0 Å². The van der Waals surface area contributed by atoms with Crippen molar-refractivity contribution in [1.82, 2.24) is 30.4 Å². The van der Waals surface area contributed by atoms with Gasteiger partial charge in [0.05, 0.1) is 16.6 Å². The third-order valence-electron chi connectivity index (χ3n) is 5.68. The highest BCUT2D eigenvalue weighted by Gasteiger charge is 2.30. The molecule has 0 spiro atoms. The molecule has 3 heterocycles. The van der Waals surface area contributed by atoms with E-state index in [1.54, 1.807) is 17.8 Å². The van der Waals surface area contributed by atoms with E-state index in [0.29, 0.717) is 34.0 Å². The first-order valence-corrected chi connectivity index (χ1v) is 10.8. The fourth-order valence-corrected chi connectivity index (χ4v) is 3.52. The van der Waals surface area contributed by atoms with E-state index in [2.05, 4.69) is 20.7 Å². The number of aryl methyl sites for hydroxylation is 1. The molecule has 0 radical (unpaired) electrons. The average molecular weight is 421 g/mol. The third-order valence-corrected chi connectivity index (χ3v) is 5.68. The summed E-state index contributed by atoms with van der Waals surface area (Å²) in [6, 6.07) is 6.85. The van der Waals surface area contributed by atoms with E-state index in [4.69, 9.17) is 4.98 Å². The number of nitrogens with one attached hydrogen (secondary N) is 2. The van der Waals surface area contributed by atoms with Crippen LogP contribution in [0, 0.1) is 6.92 Å². The largest absolute Gasteiger partial charge is 0.352 e. The lowest BCUT2D eigenvalue weighted by Crippen LogP contribution is -2.47. The van der Waals surface area contributed by atoms with E-state index in [9.17, 15) is 9.59 Å². The van der Waals surface area contributed by atoms with E-state index < -0.39 is 6.04 Å². The minimum Gasteiger partial charge on any atom is -0.352 e. The smallest absolute Gasteiger partial charge is 0.252 e. The van der Waals surface area contributed by atoms with Crippen LogP contribution < -0.4 is 10.6 Å². The van der Waals surface area contributed by atoms with E-state index in [1.807, 2.05) is 45.0 Å². The monoisotopic (exact) mass is 420 g/mol. The van der Waals surface area contributed by atoms with Gasteiger partial charge in [-0.3, -0.25) is 9.59 Å². The maximum absolute atomic E-state index is 13.3. The molecule has 1 saturated carbocycles. The molecular formula is C23H28N6O2. The van der Waals surface area contributed by atoms with Gasteiger partial charge in [0.15, 0.2) is 11.5 Å². The van der Waals surface area contributed by atoms with Gasteiger partial charge in [0.25, 0.3) is 5.91 Å². The second-order valence-corrected chi connectivity index (χ2v) is 8.27. The second kappa shape index (κ2) is 8.45. The van der Waals surface area contributed by atoms with Gasteiger partial charge in [-0.1, -0.05) is 13.0 Å². The molecule has 1 fully saturated rings. The van der Waals surface area contributed by atoms with Crippen molar-refractivity contribution in [1.29, 1.82) is 0 Å². The van der Waals surface area contributed by atoms with Crippen LogP contribution in [-0.4, -0.2) is 43.6 Å². The molecule has 8 heteroatoms. The highest BCUT2D eigenvalue weighted by Crippen LogP contribution is 2.40. The van der Waals surface area contributed by atoms with E-state index >= 15 is 0 Å². The van der Waals surface area contributed by atoms with Crippen LogP contribution in [0.2, 0.25) is 0 Å². The van der Waals surface area contributed by atoms with Crippen molar-refractivity contribution >= 4 is 22.8 Å². The van der Waals surface area contributed by atoms with Gasteiger partial charge in [-0.25, -0.2) is 9.97 Å². The molecule has 0 aliphatic heterocycles. The highest BCUT2D eigenvalue weighted by atomic mass is 16.2. The fraction of sp³-hybridized carbons (Fsp3) is 0.435. The van der Waals surface area contributed by atoms with Gasteiger partial charge in [-0.2, -0.15) is 9.78 Å². The molecule has 4 rings (SSSR count). The summed E-state index contributed by atoms with van der Waals surface area (Å²) in [5.74, 6) is 0.504. The Morgan fingerprint density at radius 1 is 1.23 bits per heavy atom. The van der Waals surface area contributed by atoms with Crippen LogP contribution in [-0.2, 0) is 4.79 Å². The fourth-order valence-electron chi connectivity index (χ4n) is 3.52. The Kier molecular flexibility index (Phi) is 5.71. The molecule has 1 aliphatic rings. The molecule has 2 amide bonds. The molecule has 0 bridgehead atoms.